The largest absolute Gasteiger partial charge is 0.480 e. The monoisotopic (exact) mass is 298 g/mol. The number of aryl methyl sites for hydroxylation is 1. The van der Waals surface area contributed by atoms with Gasteiger partial charge in [-0.25, -0.2) is 9.78 Å². The van der Waals surface area contributed by atoms with Crippen molar-refractivity contribution in [3.63, 3.8) is 0 Å². The number of carbonyl (C=O) groups excluding carboxylic acids is 1. The number of aliphatic carboxylic acids is 1. The predicted molar refractivity (Wildman–Crippen MR) is 74.5 cm³/mol. The zero-order valence-electron chi connectivity index (χ0n) is 11.5. The van der Waals surface area contributed by atoms with E-state index in [1.165, 1.54) is 16.7 Å². The van der Waals surface area contributed by atoms with Crippen LogP contribution in [0.5, 0.6) is 0 Å². The van der Waals surface area contributed by atoms with Crippen LogP contribution in [0, 0.1) is 0 Å². The molecule has 1 saturated heterocycles. The molecule has 1 aliphatic rings. The number of aromatic nitrogens is 3. The third-order valence-electron chi connectivity index (χ3n) is 3.17. The van der Waals surface area contributed by atoms with Crippen molar-refractivity contribution in [1.29, 1.82) is 0 Å². The van der Waals surface area contributed by atoms with Gasteiger partial charge in [0, 0.05) is 12.2 Å². The van der Waals surface area contributed by atoms with E-state index >= 15 is 0 Å². The number of nitrogens with zero attached hydrogens (tertiary/aromatic N) is 3. The molecule has 1 aromatic heterocycles. The van der Waals surface area contributed by atoms with Gasteiger partial charge in [0.25, 0.3) is 5.91 Å². The van der Waals surface area contributed by atoms with Crippen molar-refractivity contribution < 1.29 is 14.7 Å². The smallest absolute Gasteiger partial charge is 0.327 e. The zero-order chi connectivity index (χ0) is 14.7. The lowest BCUT2D eigenvalue weighted by atomic mass is 10.2. The Hall–Kier alpha value is -1.57. The predicted octanol–water partition coefficient (Wildman–Crippen LogP) is 1.14. The summed E-state index contributed by atoms with van der Waals surface area (Å²) in [6.07, 6.45) is 2.32. The molecule has 1 aliphatic heterocycles. The van der Waals surface area contributed by atoms with Gasteiger partial charge in [-0.3, -0.25) is 9.89 Å². The molecular formula is C12H18N4O3S. The molecule has 2 atom stereocenters. The summed E-state index contributed by atoms with van der Waals surface area (Å²) in [5, 5.41) is 15.7. The van der Waals surface area contributed by atoms with Gasteiger partial charge in [-0.2, -0.15) is 0 Å². The van der Waals surface area contributed by atoms with E-state index in [-0.39, 0.29) is 11.2 Å². The van der Waals surface area contributed by atoms with Gasteiger partial charge in [-0.15, -0.1) is 16.9 Å². The Balaban J connectivity index is 2.21. The fraction of sp³-hybridized carbons (Fsp3) is 0.667. The van der Waals surface area contributed by atoms with E-state index in [9.17, 15) is 14.7 Å². The molecule has 0 radical (unpaired) electrons. The van der Waals surface area contributed by atoms with E-state index in [2.05, 4.69) is 15.2 Å². The molecule has 110 valence electrons. The minimum Gasteiger partial charge on any atom is -0.480 e. The third kappa shape index (κ3) is 2.79. The molecule has 0 aromatic carbocycles. The van der Waals surface area contributed by atoms with Crippen LogP contribution in [0.1, 0.15) is 43.1 Å². The molecule has 0 saturated carbocycles. The minimum absolute atomic E-state index is 0.0562. The van der Waals surface area contributed by atoms with Gasteiger partial charge in [-0.05, 0) is 12.8 Å². The fourth-order valence-corrected chi connectivity index (χ4v) is 3.54. The Morgan fingerprint density at radius 1 is 1.50 bits per heavy atom. The van der Waals surface area contributed by atoms with Crippen LogP contribution in [0.3, 0.4) is 0 Å². The first-order valence-electron chi connectivity index (χ1n) is 6.66. The maximum absolute atomic E-state index is 12.5. The first-order chi connectivity index (χ1) is 9.58. The molecule has 0 aliphatic carbocycles. The second kappa shape index (κ2) is 6.25. The van der Waals surface area contributed by atoms with E-state index in [0.29, 0.717) is 24.4 Å². The molecule has 20 heavy (non-hydrogen) atoms. The van der Waals surface area contributed by atoms with Gasteiger partial charge in [0.05, 0.1) is 5.37 Å². The van der Waals surface area contributed by atoms with Gasteiger partial charge in [0.1, 0.15) is 11.9 Å². The van der Waals surface area contributed by atoms with E-state index in [0.717, 1.165) is 6.42 Å². The molecule has 1 aromatic rings. The Kier molecular flexibility index (Phi) is 4.64. The molecule has 2 unspecified atom stereocenters. The van der Waals surface area contributed by atoms with Crippen LogP contribution in [0.15, 0.2) is 0 Å². The van der Waals surface area contributed by atoms with Crippen LogP contribution in [0.2, 0.25) is 0 Å². The van der Waals surface area contributed by atoms with Gasteiger partial charge in [-0.1, -0.05) is 13.8 Å². The number of aromatic amines is 1. The number of H-pyrrole nitrogens is 1. The van der Waals surface area contributed by atoms with E-state index < -0.39 is 17.9 Å². The Morgan fingerprint density at radius 2 is 2.25 bits per heavy atom. The standard InChI is InChI=1S/C12H18N4O3S/c1-3-5-8-13-10(15-14-8)11(17)16-7(12(18)19)6-20-9(16)4-2/h7,9H,3-6H2,1-2H3,(H,18,19)(H,13,14,15). The summed E-state index contributed by atoms with van der Waals surface area (Å²) < 4.78 is 0. The number of thioether (sulfide) groups is 1. The number of hydrogen-bond donors (Lipinski definition) is 2. The van der Waals surface area contributed by atoms with Gasteiger partial charge < -0.3 is 10.0 Å². The van der Waals surface area contributed by atoms with Crippen LogP contribution >= 0.6 is 11.8 Å². The van der Waals surface area contributed by atoms with Gasteiger partial charge in [0.15, 0.2) is 0 Å². The van der Waals surface area contributed by atoms with Gasteiger partial charge >= 0.3 is 5.97 Å². The molecule has 0 spiro atoms. The quantitative estimate of drug-likeness (QED) is 0.845. The molecule has 2 rings (SSSR count). The number of amides is 1. The van der Waals surface area contributed by atoms with Crippen LogP contribution in [-0.4, -0.2) is 54.2 Å². The van der Waals surface area contributed by atoms with Crippen molar-refractivity contribution in [3.05, 3.63) is 11.6 Å². The number of carbonyl (C=O) groups is 2. The van der Waals surface area contributed by atoms with Crippen molar-refractivity contribution in [2.45, 2.75) is 44.5 Å². The Bertz CT molecular complexity index is 505. The number of carboxylic acid groups (broad SMARTS) is 1. The highest BCUT2D eigenvalue weighted by atomic mass is 32.2. The highest BCUT2D eigenvalue weighted by Crippen LogP contribution is 2.32. The normalized spacial score (nSPS) is 22.2. The Labute approximate surface area is 121 Å². The zero-order valence-corrected chi connectivity index (χ0v) is 12.3. The van der Waals surface area contributed by atoms with Crippen LogP contribution in [-0.2, 0) is 11.2 Å². The topological polar surface area (TPSA) is 99.2 Å². The average Bonchev–Trinajstić information content (AvgIpc) is 3.04. The number of rotatable bonds is 5. The summed E-state index contributed by atoms with van der Waals surface area (Å²) in [5.41, 5.74) is 0. The first kappa shape index (κ1) is 14.8. The summed E-state index contributed by atoms with van der Waals surface area (Å²) in [6.45, 7) is 3.94. The van der Waals surface area contributed by atoms with Crippen molar-refractivity contribution in [2.75, 3.05) is 5.75 Å². The minimum atomic E-state index is -0.980. The second-order valence-corrected chi connectivity index (χ2v) is 5.83. The van der Waals surface area contributed by atoms with E-state index in [4.69, 9.17) is 0 Å². The maximum Gasteiger partial charge on any atom is 0.327 e. The van der Waals surface area contributed by atoms with E-state index in [1.807, 2.05) is 13.8 Å². The van der Waals surface area contributed by atoms with Crippen LogP contribution < -0.4 is 0 Å². The molecule has 2 heterocycles. The molecule has 8 heteroatoms. The fourth-order valence-electron chi connectivity index (χ4n) is 2.20. The maximum atomic E-state index is 12.5. The molecule has 1 fully saturated rings. The highest BCUT2D eigenvalue weighted by Gasteiger charge is 2.42. The summed E-state index contributed by atoms with van der Waals surface area (Å²) >= 11 is 1.49. The molecular weight excluding hydrogens is 280 g/mol. The molecule has 7 nitrogen and oxygen atoms in total. The van der Waals surface area contributed by atoms with Crippen LogP contribution in [0.25, 0.3) is 0 Å². The van der Waals surface area contributed by atoms with Crippen LogP contribution in [0.4, 0.5) is 0 Å². The van der Waals surface area contributed by atoms with Gasteiger partial charge in [0.2, 0.25) is 5.82 Å². The highest BCUT2D eigenvalue weighted by molar-refractivity contribution is 8.00. The number of hydrogen-bond acceptors (Lipinski definition) is 5. The molecule has 1 amide bonds. The number of nitrogens with one attached hydrogen (secondary N) is 1. The lowest BCUT2D eigenvalue weighted by molar-refractivity contribution is -0.141. The van der Waals surface area contributed by atoms with Crippen molar-refractivity contribution in [3.8, 4) is 0 Å². The number of carboxylic acids is 1. The SMILES string of the molecule is CCCc1nc(C(=O)N2C(CC)SCC2C(=O)O)n[nH]1. The lowest BCUT2D eigenvalue weighted by Crippen LogP contribution is -2.45. The summed E-state index contributed by atoms with van der Waals surface area (Å²) in [7, 11) is 0. The average molecular weight is 298 g/mol. The summed E-state index contributed by atoms with van der Waals surface area (Å²) in [6, 6.07) is -0.800. The second-order valence-electron chi connectivity index (χ2n) is 4.62. The first-order valence-corrected chi connectivity index (χ1v) is 7.71. The molecule has 2 N–H and O–H groups in total. The lowest BCUT2D eigenvalue weighted by Gasteiger charge is -2.25. The molecule has 0 bridgehead atoms. The van der Waals surface area contributed by atoms with Crippen molar-refractivity contribution >= 4 is 23.6 Å². The Morgan fingerprint density at radius 3 is 2.85 bits per heavy atom. The van der Waals surface area contributed by atoms with Crippen molar-refractivity contribution in [1.82, 2.24) is 20.1 Å². The third-order valence-corrected chi connectivity index (χ3v) is 4.62. The summed E-state index contributed by atoms with van der Waals surface area (Å²) in [4.78, 5) is 29.3. The van der Waals surface area contributed by atoms with Crippen molar-refractivity contribution in [2.24, 2.45) is 0 Å². The van der Waals surface area contributed by atoms with E-state index in [1.54, 1.807) is 0 Å². The summed E-state index contributed by atoms with van der Waals surface area (Å²) in [5.74, 6) is -0.270.